The lowest BCUT2D eigenvalue weighted by Gasteiger charge is -2.21. The largest absolute Gasteiger partial charge is 0.455 e. The molecule has 0 N–H and O–H groups in total. The van der Waals surface area contributed by atoms with E-state index in [-0.39, 0.29) is 27.3 Å². The molecule has 7 heteroatoms. The van der Waals surface area contributed by atoms with Crippen molar-refractivity contribution in [2.24, 2.45) is 0 Å². The fourth-order valence-electron chi connectivity index (χ4n) is 3.14. The molecule has 0 spiro atoms. The Morgan fingerprint density at radius 1 is 0.720 bits per heavy atom. The van der Waals surface area contributed by atoms with Gasteiger partial charge >= 0.3 is 0 Å². The minimum atomic E-state index is 0.179. The Labute approximate surface area is 157 Å². The number of fused-ring (bicyclic) bond motifs is 3. The summed E-state index contributed by atoms with van der Waals surface area (Å²) in [6.45, 7) is 0. The summed E-state index contributed by atoms with van der Waals surface area (Å²) in [4.78, 5) is 0. The van der Waals surface area contributed by atoms with E-state index in [9.17, 15) is 0 Å². The second-order valence-electron chi connectivity index (χ2n) is 5.84. The molecule has 0 aliphatic carbocycles. The Kier molecular flexibility index (Phi) is 3.84. The van der Waals surface area contributed by atoms with E-state index < -0.39 is 0 Å². The summed E-state index contributed by atoms with van der Waals surface area (Å²) in [6, 6.07) is 11.1. The predicted molar refractivity (Wildman–Crippen MR) is 111 cm³/mol. The maximum Gasteiger partial charge on any atom is 0.143 e. The van der Waals surface area contributed by atoms with Crippen molar-refractivity contribution in [1.29, 1.82) is 0 Å². The molecule has 10 radical (unpaired) electrons. The molecule has 0 aliphatic heterocycles. The van der Waals surface area contributed by atoms with Gasteiger partial charge in [0.05, 0.1) is 5.02 Å². The van der Waals surface area contributed by atoms with Crippen LogP contribution in [0.15, 0.2) is 40.8 Å². The molecule has 1 aromatic heterocycles. The Bertz CT molecular complexity index is 1140. The number of para-hydroxylation sites is 1. The Hall–Kier alpha value is -1.93. The van der Waals surface area contributed by atoms with Crippen LogP contribution < -0.4 is 27.3 Å². The maximum atomic E-state index is 6.34. The molecule has 0 atom stereocenters. The summed E-state index contributed by atoms with van der Waals surface area (Å²) in [5, 5.41) is 2.28. The average Bonchev–Trinajstić information content (AvgIpc) is 2.99. The minimum Gasteiger partial charge on any atom is -0.455 e. The molecule has 1 nitrogen and oxygen atoms in total. The zero-order valence-electron chi connectivity index (χ0n) is 13.1. The van der Waals surface area contributed by atoms with Gasteiger partial charge in [-0.05, 0) is 17.7 Å². The second-order valence-corrected chi connectivity index (χ2v) is 6.25. The summed E-state index contributed by atoms with van der Waals surface area (Å²) in [6.07, 6.45) is 0. The van der Waals surface area contributed by atoms with Crippen molar-refractivity contribution in [2.45, 2.75) is 0 Å². The molecule has 3 aromatic carbocycles. The Morgan fingerprint density at radius 3 is 2.00 bits per heavy atom. The summed E-state index contributed by atoms with van der Waals surface area (Å²) < 4.78 is 6.03. The number of halogens is 1. The van der Waals surface area contributed by atoms with Gasteiger partial charge in [0, 0.05) is 16.3 Å². The molecule has 1 heterocycles. The van der Waals surface area contributed by atoms with Crippen molar-refractivity contribution in [3.05, 3.63) is 41.4 Å². The summed E-state index contributed by atoms with van der Waals surface area (Å²) in [5.74, 6) is 0. The molecule has 0 fully saturated rings. The molecule has 0 amide bonds. The van der Waals surface area contributed by atoms with Crippen LogP contribution in [-0.4, -0.2) is 39.2 Å². The predicted octanol–water partition coefficient (Wildman–Crippen LogP) is -0.125. The van der Waals surface area contributed by atoms with Crippen LogP contribution in [0, 0.1) is 0 Å². The third-order valence-corrected chi connectivity index (χ3v) is 4.76. The molecule has 0 bridgehead atoms. The second kappa shape index (κ2) is 5.81. The van der Waals surface area contributed by atoms with Gasteiger partial charge in [-0.3, -0.25) is 0 Å². The minimum absolute atomic E-state index is 0.179. The number of hydrogen-bond acceptors (Lipinski definition) is 1. The highest BCUT2D eigenvalue weighted by atomic mass is 35.5. The number of rotatable bonds is 1. The summed E-state index contributed by atoms with van der Waals surface area (Å²) in [5.41, 5.74) is 3.57. The third-order valence-electron chi connectivity index (χ3n) is 4.44. The van der Waals surface area contributed by atoms with Gasteiger partial charge in [0.1, 0.15) is 50.4 Å². The maximum absolute atomic E-state index is 6.34. The van der Waals surface area contributed by atoms with E-state index in [1.165, 1.54) is 0 Å². The number of hydrogen-bond donors (Lipinski definition) is 0. The summed E-state index contributed by atoms with van der Waals surface area (Å²) >= 11 is 6.34. The van der Waals surface area contributed by atoms with Gasteiger partial charge in [-0.2, -0.15) is 0 Å². The van der Waals surface area contributed by atoms with Gasteiger partial charge in [-0.25, -0.2) is 0 Å². The van der Waals surface area contributed by atoms with E-state index >= 15 is 0 Å². The fourth-order valence-corrected chi connectivity index (χ4v) is 3.41. The van der Waals surface area contributed by atoms with Crippen LogP contribution in [-0.2, 0) is 0 Å². The molecular weight excluding hydrogens is 322 g/mol. The Morgan fingerprint density at radius 2 is 1.32 bits per heavy atom. The van der Waals surface area contributed by atoms with E-state index in [4.69, 9.17) is 55.2 Å². The first-order chi connectivity index (χ1) is 11.9. The first-order valence-electron chi connectivity index (χ1n) is 7.53. The van der Waals surface area contributed by atoms with E-state index in [2.05, 4.69) is 0 Å². The molecule has 106 valence electrons. The van der Waals surface area contributed by atoms with Gasteiger partial charge < -0.3 is 4.42 Å². The van der Waals surface area contributed by atoms with E-state index in [1.807, 2.05) is 36.4 Å². The molecule has 4 aromatic rings. The van der Waals surface area contributed by atoms with Gasteiger partial charge in [0.15, 0.2) is 0 Å². The molecule has 0 saturated carbocycles. The topological polar surface area (TPSA) is 13.1 Å². The first kappa shape index (κ1) is 16.5. The molecular formula is C18H6B5ClO. The van der Waals surface area contributed by atoms with Crippen LogP contribution in [0.25, 0.3) is 33.1 Å². The van der Waals surface area contributed by atoms with E-state index in [0.29, 0.717) is 27.3 Å². The molecule has 0 saturated heterocycles. The molecule has 4 rings (SSSR count). The highest BCUT2D eigenvalue weighted by Gasteiger charge is 2.18. The van der Waals surface area contributed by atoms with Crippen LogP contribution in [0.3, 0.4) is 0 Å². The first-order valence-corrected chi connectivity index (χ1v) is 7.91. The molecule has 0 unspecified atom stereocenters. The van der Waals surface area contributed by atoms with Crippen LogP contribution in [0.4, 0.5) is 0 Å². The molecule has 25 heavy (non-hydrogen) atoms. The average molecular weight is 328 g/mol. The van der Waals surface area contributed by atoms with Gasteiger partial charge in [-0.15, -0.1) is 16.4 Å². The lowest BCUT2D eigenvalue weighted by atomic mass is 9.59. The van der Waals surface area contributed by atoms with Crippen LogP contribution >= 0.6 is 11.6 Å². The quantitative estimate of drug-likeness (QED) is 0.444. The van der Waals surface area contributed by atoms with E-state index in [1.54, 1.807) is 0 Å². The van der Waals surface area contributed by atoms with Gasteiger partial charge in [0.25, 0.3) is 0 Å². The lowest BCUT2D eigenvalue weighted by molar-refractivity contribution is 0.670. The van der Waals surface area contributed by atoms with Crippen molar-refractivity contribution in [2.75, 3.05) is 0 Å². The highest BCUT2D eigenvalue weighted by molar-refractivity contribution is 6.68. The van der Waals surface area contributed by atoms with Gasteiger partial charge in [-0.1, -0.05) is 46.8 Å². The smallest absolute Gasteiger partial charge is 0.143 e. The zero-order chi connectivity index (χ0) is 17.9. The monoisotopic (exact) mass is 328 g/mol. The normalized spacial score (nSPS) is 11.4. The zero-order valence-corrected chi connectivity index (χ0v) is 13.9. The fraction of sp³-hybridized carbons (Fsp3) is 0. The van der Waals surface area contributed by atoms with Crippen LogP contribution in [0.5, 0.6) is 0 Å². The highest BCUT2D eigenvalue weighted by Crippen LogP contribution is 2.37. The van der Waals surface area contributed by atoms with Crippen molar-refractivity contribution in [1.82, 2.24) is 0 Å². The standard InChI is InChI=1S/C18H6B5ClO/c19-13-12(14(20)16(22)17(23)15(13)21)8-4-1-3-7-11-9(24)5-2-6-10(11)25-18(7)8/h1-6H. The lowest BCUT2D eigenvalue weighted by Crippen LogP contribution is -2.55. The van der Waals surface area contributed by atoms with Crippen LogP contribution in [0.2, 0.25) is 5.02 Å². The number of benzene rings is 3. The van der Waals surface area contributed by atoms with E-state index in [0.717, 1.165) is 10.8 Å². The Balaban J connectivity index is 2.17. The van der Waals surface area contributed by atoms with Crippen molar-refractivity contribution >= 4 is 100 Å². The van der Waals surface area contributed by atoms with Crippen molar-refractivity contribution in [3.63, 3.8) is 0 Å². The third kappa shape index (κ3) is 2.31. The number of furan rings is 1. The van der Waals surface area contributed by atoms with Crippen LogP contribution in [0.1, 0.15) is 0 Å². The SMILES string of the molecule is [B]c1c([B])c([B])c(-c2cccc3c2oc2cccc(Cl)c23)c([B])c1[B]. The van der Waals surface area contributed by atoms with Crippen molar-refractivity contribution in [3.8, 4) is 11.1 Å². The van der Waals surface area contributed by atoms with Crippen molar-refractivity contribution < 1.29 is 4.42 Å². The van der Waals surface area contributed by atoms with Gasteiger partial charge in [0.2, 0.25) is 0 Å². The molecule has 0 aliphatic rings. The summed E-state index contributed by atoms with van der Waals surface area (Å²) in [7, 11) is 30.2.